The summed E-state index contributed by atoms with van der Waals surface area (Å²) in [6.45, 7) is 2.06. The summed E-state index contributed by atoms with van der Waals surface area (Å²) >= 11 is 0. The van der Waals surface area contributed by atoms with Crippen LogP contribution in [0.3, 0.4) is 0 Å². The van der Waals surface area contributed by atoms with Crippen LogP contribution >= 0.6 is 0 Å². The van der Waals surface area contributed by atoms with Crippen molar-refractivity contribution in [1.29, 1.82) is 0 Å². The minimum Gasteiger partial charge on any atom is -0.481 e. The molecule has 0 saturated heterocycles. The molecule has 0 radical (unpaired) electrons. The first kappa shape index (κ1) is 23.2. The van der Waals surface area contributed by atoms with E-state index >= 15 is 0 Å². The Kier molecular flexibility index (Phi) is 7.12. The zero-order chi connectivity index (χ0) is 23.3. The largest absolute Gasteiger partial charge is 0.481 e. The molecule has 10 heteroatoms. The number of nitrogens with zero attached hydrogens (tertiary/aromatic N) is 3. The SMILES string of the molecule is CCC(CCCCNC(=O)c1cc2nc(-c3ccccc3)cc(C(F)(F)F)n2n1)C(=O)O. The molecule has 2 N–H and O–H groups in total. The van der Waals surface area contributed by atoms with E-state index in [1.54, 1.807) is 37.3 Å². The number of alkyl halides is 3. The zero-order valence-corrected chi connectivity index (χ0v) is 17.4. The zero-order valence-electron chi connectivity index (χ0n) is 17.4. The van der Waals surface area contributed by atoms with Gasteiger partial charge in [0.15, 0.2) is 17.0 Å². The summed E-state index contributed by atoms with van der Waals surface area (Å²) < 4.78 is 41.5. The maximum atomic E-state index is 13.6. The van der Waals surface area contributed by atoms with Crippen LogP contribution < -0.4 is 5.32 Å². The van der Waals surface area contributed by atoms with Gasteiger partial charge in [-0.25, -0.2) is 9.50 Å². The number of amides is 1. The van der Waals surface area contributed by atoms with Crippen LogP contribution in [-0.2, 0) is 11.0 Å². The number of aromatic nitrogens is 3. The summed E-state index contributed by atoms with van der Waals surface area (Å²) in [4.78, 5) is 27.7. The van der Waals surface area contributed by atoms with E-state index in [4.69, 9.17) is 5.11 Å². The van der Waals surface area contributed by atoms with E-state index < -0.39 is 29.7 Å². The lowest BCUT2D eigenvalue weighted by atomic mass is 9.99. The molecule has 1 aromatic carbocycles. The van der Waals surface area contributed by atoms with Crippen molar-refractivity contribution < 1.29 is 27.9 Å². The minimum absolute atomic E-state index is 0.0870. The van der Waals surface area contributed by atoms with Gasteiger partial charge >= 0.3 is 12.1 Å². The number of hydrogen-bond donors (Lipinski definition) is 2. The molecule has 2 heterocycles. The molecule has 0 bridgehead atoms. The molecule has 0 aliphatic rings. The standard InChI is InChI=1S/C22H23F3N4O3/c1-2-14(21(31)32)8-6-7-11-26-20(30)17-13-19-27-16(15-9-4-3-5-10-15)12-18(22(23,24)25)29(19)28-17/h3-5,9-10,12-14H,2,6-8,11H2,1H3,(H,26,30)(H,31,32). The van der Waals surface area contributed by atoms with Crippen molar-refractivity contribution in [3.63, 3.8) is 0 Å². The smallest absolute Gasteiger partial charge is 0.433 e. The van der Waals surface area contributed by atoms with Crippen LogP contribution in [0, 0.1) is 5.92 Å². The summed E-state index contributed by atoms with van der Waals surface area (Å²) in [6.07, 6.45) is -2.51. The molecule has 0 aliphatic heterocycles. The second kappa shape index (κ2) is 9.80. The molecule has 7 nitrogen and oxygen atoms in total. The molecule has 170 valence electrons. The van der Waals surface area contributed by atoms with E-state index in [2.05, 4.69) is 15.4 Å². The molecule has 0 saturated carbocycles. The first-order valence-electron chi connectivity index (χ1n) is 10.2. The molecule has 2 aromatic heterocycles. The molecular formula is C22H23F3N4O3. The third-order valence-corrected chi connectivity index (χ3v) is 5.13. The van der Waals surface area contributed by atoms with Gasteiger partial charge in [-0.15, -0.1) is 0 Å². The number of aliphatic carboxylic acids is 1. The number of fused-ring (bicyclic) bond motifs is 1. The van der Waals surface area contributed by atoms with Crippen molar-refractivity contribution in [2.45, 2.75) is 38.8 Å². The van der Waals surface area contributed by atoms with Crippen molar-refractivity contribution in [2.24, 2.45) is 5.92 Å². The van der Waals surface area contributed by atoms with Gasteiger partial charge < -0.3 is 10.4 Å². The molecule has 1 unspecified atom stereocenters. The van der Waals surface area contributed by atoms with Gasteiger partial charge in [-0.3, -0.25) is 9.59 Å². The molecule has 0 fully saturated rings. The third kappa shape index (κ3) is 5.43. The lowest BCUT2D eigenvalue weighted by molar-refractivity contribution is -0.143. The van der Waals surface area contributed by atoms with Crippen molar-refractivity contribution in [3.05, 3.63) is 53.9 Å². The molecule has 3 rings (SSSR count). The van der Waals surface area contributed by atoms with Gasteiger partial charge in [0.2, 0.25) is 0 Å². The van der Waals surface area contributed by atoms with Crippen LogP contribution in [0.1, 0.15) is 48.8 Å². The Balaban J connectivity index is 1.75. The number of unbranched alkanes of at least 4 members (excludes halogenated alkanes) is 1. The monoisotopic (exact) mass is 448 g/mol. The second-order valence-electron chi connectivity index (χ2n) is 7.39. The van der Waals surface area contributed by atoms with E-state index in [-0.39, 0.29) is 23.6 Å². The molecule has 1 amide bonds. The second-order valence-corrected chi connectivity index (χ2v) is 7.39. The maximum absolute atomic E-state index is 13.6. The highest BCUT2D eigenvalue weighted by atomic mass is 19.4. The molecule has 1 atom stereocenters. The van der Waals surface area contributed by atoms with Crippen LogP contribution in [-0.4, -0.2) is 38.1 Å². The van der Waals surface area contributed by atoms with Crippen LogP contribution in [0.25, 0.3) is 16.9 Å². The van der Waals surface area contributed by atoms with Crippen LogP contribution in [0.5, 0.6) is 0 Å². The molecule has 0 spiro atoms. The third-order valence-electron chi connectivity index (χ3n) is 5.13. The topological polar surface area (TPSA) is 96.6 Å². The van der Waals surface area contributed by atoms with E-state index in [0.717, 1.165) is 6.07 Å². The Morgan fingerprint density at radius 1 is 1.16 bits per heavy atom. The lowest BCUT2D eigenvalue weighted by Crippen LogP contribution is -2.25. The van der Waals surface area contributed by atoms with E-state index in [0.29, 0.717) is 35.8 Å². The summed E-state index contributed by atoms with van der Waals surface area (Å²) in [6, 6.07) is 10.6. The average molecular weight is 448 g/mol. The Hall–Kier alpha value is -3.43. The van der Waals surface area contributed by atoms with Crippen molar-refractivity contribution >= 4 is 17.5 Å². The molecular weight excluding hydrogens is 425 g/mol. The number of carboxylic acids is 1. The first-order chi connectivity index (χ1) is 15.2. The highest BCUT2D eigenvalue weighted by Crippen LogP contribution is 2.32. The molecule has 32 heavy (non-hydrogen) atoms. The highest BCUT2D eigenvalue weighted by Gasteiger charge is 2.35. The van der Waals surface area contributed by atoms with Gasteiger partial charge in [-0.2, -0.15) is 18.3 Å². The summed E-state index contributed by atoms with van der Waals surface area (Å²) in [5.41, 5.74) is -0.651. The Bertz CT molecular complexity index is 1100. The van der Waals surface area contributed by atoms with Gasteiger partial charge in [0.05, 0.1) is 11.6 Å². The number of hydrogen-bond acceptors (Lipinski definition) is 4. The van der Waals surface area contributed by atoms with Gasteiger partial charge in [0.25, 0.3) is 5.91 Å². The number of carboxylic acid groups (broad SMARTS) is 1. The minimum atomic E-state index is -4.69. The lowest BCUT2D eigenvalue weighted by Gasteiger charge is -2.11. The maximum Gasteiger partial charge on any atom is 0.433 e. The predicted molar refractivity (Wildman–Crippen MR) is 111 cm³/mol. The van der Waals surface area contributed by atoms with Gasteiger partial charge in [0, 0.05) is 18.2 Å². The Labute approximate surface area is 182 Å². The fourth-order valence-corrected chi connectivity index (χ4v) is 3.35. The fourth-order valence-electron chi connectivity index (χ4n) is 3.35. The summed E-state index contributed by atoms with van der Waals surface area (Å²) in [5, 5.41) is 15.5. The van der Waals surface area contributed by atoms with Gasteiger partial charge in [-0.1, -0.05) is 43.7 Å². The normalized spacial score (nSPS) is 12.6. The van der Waals surface area contributed by atoms with E-state index in [9.17, 15) is 22.8 Å². The number of carbonyl (C=O) groups excluding carboxylic acids is 1. The van der Waals surface area contributed by atoms with Crippen LogP contribution in [0.15, 0.2) is 42.5 Å². The quantitative estimate of drug-likeness (QED) is 0.472. The number of rotatable bonds is 9. The van der Waals surface area contributed by atoms with E-state index in [1.807, 2.05) is 0 Å². The number of carbonyl (C=O) groups is 2. The van der Waals surface area contributed by atoms with Crippen LogP contribution in [0.4, 0.5) is 13.2 Å². The van der Waals surface area contributed by atoms with Crippen LogP contribution in [0.2, 0.25) is 0 Å². The number of halogens is 3. The fraction of sp³-hybridized carbons (Fsp3) is 0.364. The number of benzene rings is 1. The van der Waals surface area contributed by atoms with Gasteiger partial charge in [-0.05, 0) is 25.3 Å². The first-order valence-corrected chi connectivity index (χ1v) is 10.2. The summed E-state index contributed by atoms with van der Waals surface area (Å²) in [5.74, 6) is -1.88. The van der Waals surface area contributed by atoms with Gasteiger partial charge in [0.1, 0.15) is 0 Å². The average Bonchev–Trinajstić information content (AvgIpc) is 3.19. The van der Waals surface area contributed by atoms with Crippen molar-refractivity contribution in [2.75, 3.05) is 6.54 Å². The Morgan fingerprint density at radius 2 is 1.88 bits per heavy atom. The molecule has 0 aliphatic carbocycles. The predicted octanol–water partition coefficient (Wildman–Crippen LogP) is 4.43. The van der Waals surface area contributed by atoms with Crippen molar-refractivity contribution in [3.8, 4) is 11.3 Å². The molecule has 3 aromatic rings. The number of nitrogens with one attached hydrogen (secondary N) is 1. The summed E-state index contributed by atoms with van der Waals surface area (Å²) in [7, 11) is 0. The Morgan fingerprint density at radius 3 is 2.50 bits per heavy atom. The van der Waals surface area contributed by atoms with Crippen molar-refractivity contribution in [1.82, 2.24) is 19.9 Å². The highest BCUT2D eigenvalue weighted by molar-refractivity contribution is 5.93. The van der Waals surface area contributed by atoms with E-state index in [1.165, 1.54) is 6.07 Å².